The summed E-state index contributed by atoms with van der Waals surface area (Å²) in [5, 5.41) is 13.6. The third-order valence-corrected chi connectivity index (χ3v) is 3.67. The predicted octanol–water partition coefficient (Wildman–Crippen LogP) is 2.02. The second-order valence-electron chi connectivity index (χ2n) is 5.48. The van der Waals surface area contributed by atoms with Crippen LogP contribution in [0.3, 0.4) is 0 Å². The molecule has 0 fully saturated rings. The van der Waals surface area contributed by atoms with Gasteiger partial charge in [0.05, 0.1) is 11.3 Å². The molecule has 0 radical (unpaired) electrons. The summed E-state index contributed by atoms with van der Waals surface area (Å²) < 4.78 is 6.52. The number of aromatic nitrogens is 4. The first-order valence-corrected chi connectivity index (χ1v) is 8.05. The van der Waals surface area contributed by atoms with Gasteiger partial charge in [0, 0.05) is 5.69 Å². The molecule has 0 aliphatic rings. The van der Waals surface area contributed by atoms with E-state index in [0.717, 1.165) is 12.0 Å². The second kappa shape index (κ2) is 8.02. The molecule has 0 saturated heterocycles. The Morgan fingerprint density at radius 1 is 1.15 bits per heavy atom. The molecule has 0 saturated carbocycles. The topological polar surface area (TPSA) is 99.0 Å². The van der Waals surface area contributed by atoms with Gasteiger partial charge >= 0.3 is 5.97 Å². The van der Waals surface area contributed by atoms with Crippen molar-refractivity contribution in [3.8, 4) is 5.69 Å². The third kappa shape index (κ3) is 4.29. The summed E-state index contributed by atoms with van der Waals surface area (Å²) in [6, 6.07) is 14.1. The van der Waals surface area contributed by atoms with Crippen LogP contribution in [0.4, 0.5) is 5.69 Å². The highest BCUT2D eigenvalue weighted by molar-refractivity contribution is 5.95. The van der Waals surface area contributed by atoms with E-state index in [1.807, 2.05) is 25.1 Å². The molecule has 26 heavy (non-hydrogen) atoms. The molecule has 3 rings (SSSR count). The van der Waals surface area contributed by atoms with Crippen LogP contribution in [0.15, 0.2) is 54.9 Å². The number of benzene rings is 2. The lowest BCUT2D eigenvalue weighted by Gasteiger charge is -2.08. The van der Waals surface area contributed by atoms with Crippen molar-refractivity contribution < 1.29 is 14.3 Å². The molecule has 1 amide bonds. The zero-order valence-corrected chi connectivity index (χ0v) is 14.1. The number of nitrogens with zero attached hydrogens (tertiary/aromatic N) is 4. The van der Waals surface area contributed by atoms with E-state index in [9.17, 15) is 9.59 Å². The average Bonchev–Trinajstić information content (AvgIpc) is 3.21. The maximum Gasteiger partial charge on any atom is 0.338 e. The van der Waals surface area contributed by atoms with Gasteiger partial charge < -0.3 is 10.1 Å². The summed E-state index contributed by atoms with van der Waals surface area (Å²) in [7, 11) is 0. The van der Waals surface area contributed by atoms with Gasteiger partial charge in [-0.1, -0.05) is 19.1 Å². The van der Waals surface area contributed by atoms with Crippen LogP contribution < -0.4 is 5.32 Å². The van der Waals surface area contributed by atoms with Crippen LogP contribution in [0.25, 0.3) is 5.69 Å². The van der Waals surface area contributed by atoms with E-state index in [1.165, 1.54) is 11.0 Å². The lowest BCUT2D eigenvalue weighted by Crippen LogP contribution is -2.21. The number of carbonyl (C=O) groups is 2. The van der Waals surface area contributed by atoms with Crippen molar-refractivity contribution in [2.75, 3.05) is 11.9 Å². The highest BCUT2D eigenvalue weighted by Gasteiger charge is 2.11. The smallest absolute Gasteiger partial charge is 0.338 e. The Hall–Kier alpha value is -3.55. The minimum absolute atomic E-state index is 0.336. The predicted molar refractivity (Wildman–Crippen MR) is 93.9 cm³/mol. The fourth-order valence-corrected chi connectivity index (χ4v) is 2.31. The monoisotopic (exact) mass is 351 g/mol. The zero-order valence-electron chi connectivity index (χ0n) is 14.1. The SMILES string of the molecule is CCc1cccc(NC(=O)COC(=O)c2ccc(-n3cnnn3)cc2)c1. The largest absolute Gasteiger partial charge is 0.452 e. The van der Waals surface area contributed by atoms with Gasteiger partial charge in [-0.2, -0.15) is 0 Å². The maximum absolute atomic E-state index is 12.1. The summed E-state index contributed by atoms with van der Waals surface area (Å²) in [6.45, 7) is 1.68. The number of anilines is 1. The van der Waals surface area contributed by atoms with Gasteiger partial charge in [0.1, 0.15) is 6.33 Å². The molecule has 1 N–H and O–H groups in total. The van der Waals surface area contributed by atoms with Gasteiger partial charge in [0.2, 0.25) is 0 Å². The van der Waals surface area contributed by atoms with E-state index in [4.69, 9.17) is 4.74 Å². The summed E-state index contributed by atoms with van der Waals surface area (Å²) in [4.78, 5) is 24.0. The van der Waals surface area contributed by atoms with E-state index in [-0.39, 0.29) is 6.61 Å². The first-order chi connectivity index (χ1) is 12.7. The number of rotatable bonds is 6. The van der Waals surface area contributed by atoms with Crippen molar-refractivity contribution in [3.05, 3.63) is 66.0 Å². The van der Waals surface area contributed by atoms with Gasteiger partial charge in [-0.3, -0.25) is 4.79 Å². The Morgan fingerprint density at radius 3 is 2.65 bits per heavy atom. The van der Waals surface area contributed by atoms with E-state index in [0.29, 0.717) is 16.9 Å². The van der Waals surface area contributed by atoms with Gasteiger partial charge in [-0.25, -0.2) is 9.48 Å². The number of hydrogen-bond acceptors (Lipinski definition) is 6. The van der Waals surface area contributed by atoms with E-state index >= 15 is 0 Å². The lowest BCUT2D eigenvalue weighted by atomic mass is 10.1. The molecule has 3 aromatic rings. The van der Waals surface area contributed by atoms with Crippen LogP contribution in [0, 0.1) is 0 Å². The van der Waals surface area contributed by atoms with Crippen LogP contribution in [-0.4, -0.2) is 38.7 Å². The number of nitrogens with one attached hydrogen (secondary N) is 1. The fraction of sp³-hybridized carbons (Fsp3) is 0.167. The Kier molecular flexibility index (Phi) is 5.33. The molecule has 1 heterocycles. The molecular formula is C18H17N5O3. The minimum Gasteiger partial charge on any atom is -0.452 e. The molecule has 8 nitrogen and oxygen atoms in total. The summed E-state index contributed by atoms with van der Waals surface area (Å²) in [5.41, 5.74) is 2.83. The standard InChI is InChI=1S/C18H17N5O3/c1-2-13-4-3-5-15(10-13)20-17(24)11-26-18(25)14-6-8-16(9-7-14)23-12-19-21-22-23/h3-10,12H,2,11H2,1H3,(H,20,24). The van der Waals surface area contributed by atoms with Crippen molar-refractivity contribution >= 4 is 17.6 Å². The van der Waals surface area contributed by atoms with Crippen LogP contribution in [-0.2, 0) is 16.0 Å². The lowest BCUT2D eigenvalue weighted by molar-refractivity contribution is -0.119. The van der Waals surface area contributed by atoms with Gasteiger partial charge in [-0.05, 0) is 58.8 Å². The van der Waals surface area contributed by atoms with Crippen LogP contribution >= 0.6 is 0 Å². The van der Waals surface area contributed by atoms with Crippen molar-refractivity contribution in [3.63, 3.8) is 0 Å². The minimum atomic E-state index is -0.578. The molecule has 8 heteroatoms. The molecule has 0 spiro atoms. The molecule has 0 bridgehead atoms. The molecule has 0 aliphatic carbocycles. The Bertz CT molecular complexity index is 891. The summed E-state index contributed by atoms with van der Waals surface area (Å²) in [5.74, 6) is -0.970. The zero-order chi connectivity index (χ0) is 18.4. The van der Waals surface area contributed by atoms with Gasteiger partial charge in [0.15, 0.2) is 6.61 Å². The number of tetrazole rings is 1. The number of amides is 1. The number of carbonyl (C=O) groups excluding carboxylic acids is 2. The average molecular weight is 351 g/mol. The highest BCUT2D eigenvalue weighted by Crippen LogP contribution is 2.12. The van der Waals surface area contributed by atoms with E-state index in [2.05, 4.69) is 20.8 Å². The Labute approximate surface area is 149 Å². The molecular weight excluding hydrogens is 334 g/mol. The molecule has 1 aromatic heterocycles. The number of hydrogen-bond donors (Lipinski definition) is 1. The van der Waals surface area contributed by atoms with Gasteiger partial charge in [-0.15, -0.1) is 5.10 Å². The van der Waals surface area contributed by atoms with Crippen LogP contribution in [0.2, 0.25) is 0 Å². The maximum atomic E-state index is 12.1. The number of aryl methyl sites for hydroxylation is 1. The first-order valence-electron chi connectivity index (χ1n) is 8.05. The van der Waals surface area contributed by atoms with E-state index < -0.39 is 11.9 Å². The molecule has 0 atom stereocenters. The molecule has 0 unspecified atom stereocenters. The molecule has 0 aliphatic heterocycles. The van der Waals surface area contributed by atoms with Crippen molar-refractivity contribution in [2.24, 2.45) is 0 Å². The fourth-order valence-electron chi connectivity index (χ4n) is 2.31. The Balaban J connectivity index is 1.53. The quantitative estimate of drug-likeness (QED) is 0.682. The Morgan fingerprint density at radius 2 is 1.96 bits per heavy atom. The highest BCUT2D eigenvalue weighted by atomic mass is 16.5. The van der Waals surface area contributed by atoms with Crippen molar-refractivity contribution in [1.82, 2.24) is 20.2 Å². The van der Waals surface area contributed by atoms with Gasteiger partial charge in [0.25, 0.3) is 5.91 Å². The molecule has 2 aromatic carbocycles. The molecule has 132 valence electrons. The second-order valence-corrected chi connectivity index (χ2v) is 5.48. The normalized spacial score (nSPS) is 10.3. The van der Waals surface area contributed by atoms with Crippen molar-refractivity contribution in [1.29, 1.82) is 0 Å². The summed E-state index contributed by atoms with van der Waals surface area (Å²) in [6.07, 6.45) is 2.32. The third-order valence-electron chi connectivity index (χ3n) is 3.67. The van der Waals surface area contributed by atoms with E-state index in [1.54, 1.807) is 30.3 Å². The van der Waals surface area contributed by atoms with Crippen LogP contribution in [0.5, 0.6) is 0 Å². The number of esters is 1. The summed E-state index contributed by atoms with van der Waals surface area (Å²) >= 11 is 0. The first kappa shape index (κ1) is 17.3. The number of ether oxygens (including phenoxy) is 1. The van der Waals surface area contributed by atoms with Crippen molar-refractivity contribution in [2.45, 2.75) is 13.3 Å². The van der Waals surface area contributed by atoms with Crippen LogP contribution in [0.1, 0.15) is 22.8 Å².